The molecule has 0 bridgehead atoms. The van der Waals surface area contributed by atoms with Gasteiger partial charge in [-0.1, -0.05) is 35.0 Å². The Labute approximate surface area is 169 Å². The quantitative estimate of drug-likeness (QED) is 0.408. The molecule has 134 valence electrons. The molecule has 0 saturated heterocycles. The van der Waals surface area contributed by atoms with Crippen molar-refractivity contribution in [1.82, 2.24) is 9.97 Å². The van der Waals surface area contributed by atoms with Crippen LogP contribution in [0.25, 0.3) is 0 Å². The van der Waals surface area contributed by atoms with Gasteiger partial charge in [-0.3, -0.25) is 25.2 Å². The van der Waals surface area contributed by atoms with E-state index in [9.17, 15) is 14.9 Å². The van der Waals surface area contributed by atoms with E-state index in [1.165, 1.54) is 29.8 Å². The van der Waals surface area contributed by atoms with Crippen LogP contribution >= 0.6 is 57.6 Å². The molecule has 3 rings (SSSR count). The Morgan fingerprint density at radius 2 is 2.04 bits per heavy atom. The molecule has 26 heavy (non-hydrogen) atoms. The Morgan fingerprint density at radius 3 is 2.62 bits per heavy atom. The molecule has 0 saturated carbocycles. The maximum Gasteiger partial charge on any atom is 0.294 e. The van der Waals surface area contributed by atoms with Crippen molar-refractivity contribution >= 4 is 74.4 Å². The number of anilines is 1. The molecular weight excluding hydrogens is 439 g/mol. The first-order chi connectivity index (χ1) is 12.3. The number of thiophene rings is 1. The number of nitrogens with one attached hydrogen (secondary N) is 1. The van der Waals surface area contributed by atoms with Crippen LogP contribution in [0.15, 0.2) is 32.9 Å². The highest BCUT2D eigenvalue weighted by molar-refractivity contribution is 8.01. The maximum absolute atomic E-state index is 12.4. The minimum absolute atomic E-state index is 0.188. The lowest BCUT2D eigenvalue weighted by molar-refractivity contribution is -0.387. The molecule has 0 unspecified atom stereocenters. The van der Waals surface area contributed by atoms with Crippen LogP contribution in [0, 0.1) is 17.0 Å². The molecule has 0 aromatic carbocycles. The Morgan fingerprint density at radius 1 is 1.35 bits per heavy atom. The second-order valence-electron chi connectivity index (χ2n) is 4.82. The van der Waals surface area contributed by atoms with Crippen molar-refractivity contribution < 1.29 is 9.72 Å². The summed E-state index contributed by atoms with van der Waals surface area (Å²) in [6.07, 6.45) is 2.79. The topological polar surface area (TPSA) is 98.0 Å². The molecule has 1 N–H and O–H groups in total. The molecule has 3 aromatic heterocycles. The summed E-state index contributed by atoms with van der Waals surface area (Å²) in [5.41, 5.74) is 0.588. The van der Waals surface area contributed by atoms with Crippen LogP contribution in [0.3, 0.4) is 0 Å². The van der Waals surface area contributed by atoms with Crippen LogP contribution in [0.2, 0.25) is 10.0 Å². The van der Waals surface area contributed by atoms with E-state index in [1.807, 2.05) is 0 Å². The van der Waals surface area contributed by atoms with E-state index in [0.29, 0.717) is 14.2 Å². The highest BCUT2D eigenvalue weighted by Crippen LogP contribution is 2.45. The maximum atomic E-state index is 12.4. The van der Waals surface area contributed by atoms with Crippen LogP contribution in [-0.4, -0.2) is 20.8 Å². The summed E-state index contributed by atoms with van der Waals surface area (Å²) in [5.74, 6) is -0.466. The van der Waals surface area contributed by atoms with Gasteiger partial charge >= 0.3 is 0 Å². The SMILES string of the molecule is Cc1csc(NC(=O)c2cc([N+](=O)[O-])c(Sc3c(Cl)cncc3Cl)s2)n1. The van der Waals surface area contributed by atoms with Crippen LogP contribution in [0.4, 0.5) is 10.8 Å². The van der Waals surface area contributed by atoms with E-state index in [-0.39, 0.29) is 20.6 Å². The fraction of sp³-hybridized carbons (Fsp3) is 0.0714. The highest BCUT2D eigenvalue weighted by atomic mass is 35.5. The summed E-state index contributed by atoms with van der Waals surface area (Å²) < 4.78 is 0.297. The zero-order valence-corrected chi connectivity index (χ0v) is 16.8. The van der Waals surface area contributed by atoms with Gasteiger partial charge in [0.25, 0.3) is 11.6 Å². The number of carbonyl (C=O) groups excluding carboxylic acids is 1. The monoisotopic (exact) mass is 446 g/mol. The number of halogens is 2. The first-order valence-corrected chi connectivity index (χ1v) is 10.1. The van der Waals surface area contributed by atoms with Crippen molar-refractivity contribution in [2.75, 3.05) is 5.32 Å². The molecular formula is C14H8Cl2N4O3S3. The first kappa shape index (κ1) is 19.1. The van der Waals surface area contributed by atoms with Gasteiger partial charge in [-0.2, -0.15) is 0 Å². The lowest BCUT2D eigenvalue weighted by Gasteiger charge is -2.03. The van der Waals surface area contributed by atoms with Crippen molar-refractivity contribution in [1.29, 1.82) is 0 Å². The number of carbonyl (C=O) groups is 1. The second-order valence-corrected chi connectivity index (χ2v) is 8.83. The molecule has 0 aliphatic heterocycles. The van der Waals surface area contributed by atoms with E-state index in [0.717, 1.165) is 28.8 Å². The molecule has 7 nitrogen and oxygen atoms in total. The second kappa shape index (κ2) is 7.89. The van der Waals surface area contributed by atoms with Crippen molar-refractivity contribution in [3.63, 3.8) is 0 Å². The predicted octanol–water partition coefficient (Wildman–Crippen LogP) is 5.53. The van der Waals surface area contributed by atoms with Gasteiger partial charge in [0.2, 0.25) is 0 Å². The molecule has 0 aliphatic rings. The van der Waals surface area contributed by atoms with E-state index in [2.05, 4.69) is 15.3 Å². The van der Waals surface area contributed by atoms with Gasteiger partial charge in [0.1, 0.15) is 9.09 Å². The van der Waals surface area contributed by atoms with Gasteiger partial charge in [0.05, 0.1) is 25.6 Å². The van der Waals surface area contributed by atoms with Crippen LogP contribution < -0.4 is 5.32 Å². The number of nitrogens with zero attached hydrogens (tertiary/aromatic N) is 3. The van der Waals surface area contributed by atoms with Gasteiger partial charge in [-0.25, -0.2) is 4.98 Å². The van der Waals surface area contributed by atoms with Crippen molar-refractivity contribution in [2.24, 2.45) is 0 Å². The number of rotatable bonds is 5. The number of aryl methyl sites for hydroxylation is 1. The summed E-state index contributed by atoms with van der Waals surface area (Å²) in [7, 11) is 0. The van der Waals surface area contributed by atoms with E-state index in [1.54, 1.807) is 12.3 Å². The van der Waals surface area contributed by atoms with Crippen LogP contribution in [0.5, 0.6) is 0 Å². The predicted molar refractivity (Wildman–Crippen MR) is 104 cm³/mol. The zero-order chi connectivity index (χ0) is 18.8. The molecule has 3 heterocycles. The minimum atomic E-state index is -0.549. The third-order valence-electron chi connectivity index (χ3n) is 2.94. The summed E-state index contributed by atoms with van der Waals surface area (Å²) >= 11 is 15.4. The number of amides is 1. The van der Waals surface area contributed by atoms with Gasteiger partial charge < -0.3 is 0 Å². The van der Waals surface area contributed by atoms with E-state index in [4.69, 9.17) is 23.2 Å². The average molecular weight is 447 g/mol. The van der Waals surface area contributed by atoms with Crippen molar-refractivity contribution in [3.8, 4) is 0 Å². The molecule has 0 fully saturated rings. The molecule has 0 aliphatic carbocycles. The van der Waals surface area contributed by atoms with Crippen molar-refractivity contribution in [3.05, 3.63) is 54.6 Å². The fourth-order valence-electron chi connectivity index (χ4n) is 1.84. The lowest BCUT2D eigenvalue weighted by Crippen LogP contribution is -2.09. The number of nitro groups is 1. The normalized spacial score (nSPS) is 10.7. The largest absolute Gasteiger partial charge is 0.297 e. The first-order valence-electron chi connectivity index (χ1n) is 6.83. The standard InChI is InChI=1S/C14H8Cl2N4O3S3/c1-6-5-24-14(18-6)19-12(21)10-2-9(20(22)23)13(25-10)26-11-7(15)3-17-4-8(11)16/h2-5H,1H3,(H,18,19,21). The highest BCUT2D eigenvalue weighted by Gasteiger charge is 2.25. The molecule has 1 amide bonds. The summed E-state index contributed by atoms with van der Waals surface area (Å²) in [4.78, 5) is 31.8. The summed E-state index contributed by atoms with van der Waals surface area (Å²) in [6.45, 7) is 1.80. The number of aromatic nitrogens is 2. The molecule has 0 spiro atoms. The minimum Gasteiger partial charge on any atom is -0.297 e. The number of pyridine rings is 1. The zero-order valence-electron chi connectivity index (χ0n) is 12.9. The molecule has 0 radical (unpaired) electrons. The van der Waals surface area contributed by atoms with Crippen LogP contribution in [0.1, 0.15) is 15.4 Å². The number of hydrogen-bond donors (Lipinski definition) is 1. The molecule has 0 atom stereocenters. The number of thiazole rings is 1. The van der Waals surface area contributed by atoms with Gasteiger partial charge in [-0.15, -0.1) is 22.7 Å². The third kappa shape index (κ3) is 4.15. The van der Waals surface area contributed by atoms with E-state index >= 15 is 0 Å². The average Bonchev–Trinajstić information content (AvgIpc) is 3.17. The number of hydrogen-bond acceptors (Lipinski definition) is 8. The van der Waals surface area contributed by atoms with Crippen molar-refractivity contribution in [2.45, 2.75) is 16.0 Å². The van der Waals surface area contributed by atoms with E-state index < -0.39 is 10.8 Å². The smallest absolute Gasteiger partial charge is 0.294 e. The van der Waals surface area contributed by atoms with Crippen LogP contribution in [-0.2, 0) is 0 Å². The summed E-state index contributed by atoms with van der Waals surface area (Å²) in [6, 6.07) is 1.23. The van der Waals surface area contributed by atoms with Gasteiger partial charge in [-0.05, 0) is 6.92 Å². The molecule has 12 heteroatoms. The van der Waals surface area contributed by atoms with Gasteiger partial charge in [0.15, 0.2) is 5.13 Å². The Hall–Kier alpha value is -1.72. The lowest BCUT2D eigenvalue weighted by atomic mass is 10.4. The van der Waals surface area contributed by atoms with Gasteiger partial charge in [0, 0.05) is 23.8 Å². The third-order valence-corrected chi connectivity index (χ3v) is 7.07. The fourth-order valence-corrected chi connectivity index (χ4v) is 5.28. The molecule has 3 aromatic rings. The summed E-state index contributed by atoms with van der Waals surface area (Å²) in [5, 5.41) is 16.8. The Balaban J connectivity index is 1.91. The Kier molecular flexibility index (Phi) is 5.78. The Bertz CT molecular complexity index is 985.